The minimum atomic E-state index is -0.618. The number of rotatable bonds is 10. The molecule has 9 nitrogen and oxygen atoms in total. The van der Waals surface area contributed by atoms with Crippen molar-refractivity contribution in [2.45, 2.75) is 46.1 Å². The number of nitrogens with zero attached hydrogens (tertiary/aromatic N) is 4. The molecule has 0 saturated heterocycles. The SMILES string of the molecule is CCOC(OC)C1(Cn2c(=O)nc(Nc3ccc4nc(C)sc4c3)n(Cc3ccc(Cl)cc3)c2=O)CC1. The quantitative estimate of drug-likeness (QED) is 0.294. The van der Waals surface area contributed by atoms with Crippen LogP contribution in [0.3, 0.4) is 0 Å². The third-order valence-corrected chi connectivity index (χ3v) is 7.74. The molecule has 194 valence electrons. The van der Waals surface area contributed by atoms with Crippen molar-refractivity contribution in [2.24, 2.45) is 5.41 Å². The van der Waals surface area contributed by atoms with E-state index in [-0.39, 0.29) is 19.0 Å². The van der Waals surface area contributed by atoms with Gasteiger partial charge in [-0.2, -0.15) is 4.98 Å². The molecule has 0 amide bonds. The lowest BCUT2D eigenvalue weighted by atomic mass is 10.1. The number of benzene rings is 2. The van der Waals surface area contributed by atoms with Crippen molar-refractivity contribution in [1.82, 2.24) is 19.1 Å². The molecular weight excluding hydrogens is 514 g/mol. The molecule has 2 aromatic carbocycles. The summed E-state index contributed by atoms with van der Waals surface area (Å²) in [6.45, 7) is 4.69. The van der Waals surface area contributed by atoms with Crippen molar-refractivity contribution in [3.63, 3.8) is 0 Å². The second-order valence-corrected chi connectivity index (χ2v) is 10.9. The summed E-state index contributed by atoms with van der Waals surface area (Å²) in [6.07, 6.45) is 1.09. The Labute approximate surface area is 222 Å². The van der Waals surface area contributed by atoms with Gasteiger partial charge in [0, 0.05) is 36.4 Å². The molecule has 1 aliphatic rings. The van der Waals surface area contributed by atoms with Crippen LogP contribution in [0.4, 0.5) is 11.6 Å². The Kier molecular flexibility index (Phi) is 7.17. The number of methoxy groups -OCH3 is 1. The lowest BCUT2D eigenvalue weighted by Gasteiger charge is -2.26. The molecule has 1 saturated carbocycles. The third-order valence-electron chi connectivity index (χ3n) is 6.55. The fourth-order valence-electron chi connectivity index (χ4n) is 4.51. The Morgan fingerprint density at radius 2 is 1.89 bits per heavy atom. The largest absolute Gasteiger partial charge is 0.355 e. The average Bonchev–Trinajstić information content (AvgIpc) is 3.56. The van der Waals surface area contributed by atoms with Gasteiger partial charge in [0.25, 0.3) is 0 Å². The molecular formula is C26H28ClN5O4S. The maximum atomic E-state index is 13.8. The molecule has 1 fully saturated rings. The first-order chi connectivity index (χ1) is 17.8. The number of hydrogen-bond donors (Lipinski definition) is 1. The summed E-state index contributed by atoms with van der Waals surface area (Å²) >= 11 is 7.64. The van der Waals surface area contributed by atoms with Gasteiger partial charge in [-0.1, -0.05) is 23.7 Å². The smallest absolute Gasteiger partial charge is 0.354 e. The van der Waals surface area contributed by atoms with Crippen LogP contribution in [0.1, 0.15) is 30.3 Å². The van der Waals surface area contributed by atoms with Gasteiger partial charge in [0.1, 0.15) is 0 Å². The van der Waals surface area contributed by atoms with Crippen molar-refractivity contribution < 1.29 is 9.47 Å². The predicted octanol–water partition coefficient (Wildman–Crippen LogP) is 4.56. The summed E-state index contributed by atoms with van der Waals surface area (Å²) in [5, 5.41) is 4.75. The number of nitrogens with one attached hydrogen (secondary N) is 1. The average molecular weight is 542 g/mol. The van der Waals surface area contributed by atoms with Crippen LogP contribution < -0.4 is 16.7 Å². The molecule has 2 aromatic heterocycles. The van der Waals surface area contributed by atoms with Gasteiger partial charge < -0.3 is 14.8 Å². The van der Waals surface area contributed by atoms with Crippen LogP contribution >= 0.6 is 22.9 Å². The number of halogens is 1. The molecule has 2 heterocycles. The van der Waals surface area contributed by atoms with Crippen molar-refractivity contribution >= 4 is 44.8 Å². The van der Waals surface area contributed by atoms with Gasteiger partial charge in [-0.25, -0.2) is 19.1 Å². The van der Waals surface area contributed by atoms with E-state index in [0.717, 1.165) is 33.6 Å². The van der Waals surface area contributed by atoms with Gasteiger partial charge in [-0.05, 0) is 62.6 Å². The number of thiazole rings is 1. The molecule has 11 heteroatoms. The van der Waals surface area contributed by atoms with Gasteiger partial charge in [0.2, 0.25) is 5.95 Å². The zero-order valence-electron chi connectivity index (χ0n) is 20.9. The normalized spacial score (nSPS) is 15.1. The zero-order valence-corrected chi connectivity index (χ0v) is 22.4. The van der Waals surface area contributed by atoms with E-state index >= 15 is 0 Å². The first-order valence-electron chi connectivity index (χ1n) is 12.1. The van der Waals surface area contributed by atoms with Crippen molar-refractivity contribution in [3.8, 4) is 0 Å². The lowest BCUT2D eigenvalue weighted by molar-refractivity contribution is -0.165. The van der Waals surface area contributed by atoms with Crippen LogP contribution in [0, 0.1) is 12.3 Å². The molecule has 37 heavy (non-hydrogen) atoms. The molecule has 1 atom stereocenters. The van der Waals surface area contributed by atoms with Gasteiger partial charge in [0.05, 0.1) is 21.8 Å². The Morgan fingerprint density at radius 1 is 1.14 bits per heavy atom. The molecule has 5 rings (SSSR count). The number of hydrogen-bond acceptors (Lipinski definition) is 8. The second kappa shape index (κ2) is 10.4. The summed E-state index contributed by atoms with van der Waals surface area (Å²) in [4.78, 5) is 35.8. The second-order valence-electron chi connectivity index (χ2n) is 9.23. The highest BCUT2D eigenvalue weighted by Crippen LogP contribution is 2.51. The summed E-state index contributed by atoms with van der Waals surface area (Å²) in [6, 6.07) is 12.9. The van der Waals surface area contributed by atoms with E-state index in [1.807, 2.05) is 44.2 Å². The zero-order chi connectivity index (χ0) is 26.2. The molecule has 1 N–H and O–H groups in total. The van der Waals surface area contributed by atoms with E-state index in [2.05, 4.69) is 15.3 Å². The number of fused-ring (bicyclic) bond motifs is 1. The minimum Gasteiger partial charge on any atom is -0.355 e. The number of aryl methyl sites for hydroxylation is 1. The third kappa shape index (κ3) is 5.33. The molecule has 1 aliphatic carbocycles. The Hall–Kier alpha value is -3.05. The lowest BCUT2D eigenvalue weighted by Crippen LogP contribution is -2.46. The Morgan fingerprint density at radius 3 is 2.57 bits per heavy atom. The molecule has 4 aromatic rings. The van der Waals surface area contributed by atoms with E-state index in [1.165, 1.54) is 9.13 Å². The summed E-state index contributed by atoms with van der Waals surface area (Å²) in [5.74, 6) is 0.166. The van der Waals surface area contributed by atoms with E-state index in [1.54, 1.807) is 30.6 Å². The fraction of sp³-hybridized carbons (Fsp3) is 0.385. The Balaban J connectivity index is 1.55. The predicted molar refractivity (Wildman–Crippen MR) is 145 cm³/mol. The van der Waals surface area contributed by atoms with Crippen molar-refractivity contribution in [3.05, 3.63) is 79.0 Å². The van der Waals surface area contributed by atoms with Crippen LogP contribution in [0.2, 0.25) is 5.02 Å². The number of ether oxygens (including phenoxy) is 2. The van der Waals surface area contributed by atoms with Gasteiger partial charge in [-0.15, -0.1) is 11.3 Å². The van der Waals surface area contributed by atoms with Crippen molar-refractivity contribution in [2.75, 3.05) is 19.0 Å². The highest BCUT2D eigenvalue weighted by molar-refractivity contribution is 7.18. The highest BCUT2D eigenvalue weighted by atomic mass is 35.5. The molecule has 1 unspecified atom stereocenters. The highest BCUT2D eigenvalue weighted by Gasteiger charge is 2.51. The minimum absolute atomic E-state index is 0.166. The van der Waals surface area contributed by atoms with E-state index in [9.17, 15) is 9.59 Å². The maximum absolute atomic E-state index is 13.8. The molecule has 0 radical (unpaired) electrons. The van der Waals surface area contributed by atoms with Crippen LogP contribution in [0.25, 0.3) is 10.2 Å². The van der Waals surface area contributed by atoms with Crippen molar-refractivity contribution in [1.29, 1.82) is 0 Å². The first-order valence-corrected chi connectivity index (χ1v) is 13.3. The van der Waals surface area contributed by atoms with Gasteiger partial charge in [-0.3, -0.25) is 4.57 Å². The van der Waals surface area contributed by atoms with E-state index < -0.39 is 23.1 Å². The number of anilines is 2. The van der Waals surface area contributed by atoms with E-state index in [0.29, 0.717) is 17.3 Å². The molecule has 0 spiro atoms. The van der Waals surface area contributed by atoms with Gasteiger partial charge in [0.15, 0.2) is 6.29 Å². The summed E-state index contributed by atoms with van der Waals surface area (Å²) in [7, 11) is 1.58. The Bertz CT molecular complexity index is 1540. The molecule has 0 bridgehead atoms. The summed E-state index contributed by atoms with van der Waals surface area (Å²) in [5.41, 5.74) is 0.945. The standard InChI is InChI=1S/C26H28ClN5O4S/c1-4-36-22(35-3)26(11-12-26)15-32-24(33)30-23(29-19-9-10-20-21(13-19)37-16(2)28-20)31(25(32)34)14-17-5-7-18(27)8-6-17/h5-10,13,22H,4,11-12,14-15H2,1-3H3,(H,29,30,33). The van der Waals surface area contributed by atoms with Crippen LogP contribution in [-0.4, -0.2) is 39.1 Å². The fourth-order valence-corrected chi connectivity index (χ4v) is 5.50. The van der Waals surface area contributed by atoms with Crippen LogP contribution in [0.5, 0.6) is 0 Å². The van der Waals surface area contributed by atoms with E-state index in [4.69, 9.17) is 21.1 Å². The first kappa shape index (κ1) is 25.6. The van der Waals surface area contributed by atoms with Crippen LogP contribution in [0.15, 0.2) is 52.1 Å². The summed E-state index contributed by atoms with van der Waals surface area (Å²) < 4.78 is 15.0. The molecule has 0 aliphatic heterocycles. The monoisotopic (exact) mass is 541 g/mol. The topological polar surface area (TPSA) is 100 Å². The van der Waals surface area contributed by atoms with Gasteiger partial charge >= 0.3 is 11.4 Å². The van der Waals surface area contributed by atoms with Crippen LogP contribution in [-0.2, 0) is 22.6 Å². The maximum Gasteiger partial charge on any atom is 0.354 e. The number of aromatic nitrogens is 4.